The molecule has 0 aliphatic rings. The molecule has 2 N–H and O–H groups in total. The number of nitrogens with zero attached hydrogens (tertiary/aromatic N) is 3. The minimum absolute atomic E-state index is 0.165. The van der Waals surface area contributed by atoms with E-state index in [1.807, 2.05) is 20.8 Å². The van der Waals surface area contributed by atoms with Crippen LogP contribution in [0, 0.1) is 0 Å². The standard InChI is InChI=1S/C12H19N5O2/c1-12(2,3)8-7-9(18)17-11(14-8)15-10(16-17)13-5-6-19-4/h7H,5-6H2,1-4H3,(H2,13,14,15,16). The predicted octanol–water partition coefficient (Wildman–Crippen LogP) is 0.773. The average molecular weight is 265 g/mol. The Labute approximate surface area is 111 Å². The van der Waals surface area contributed by atoms with E-state index >= 15 is 0 Å². The molecule has 0 atom stereocenters. The van der Waals surface area contributed by atoms with Crippen LogP contribution in [0.4, 0.5) is 5.95 Å². The van der Waals surface area contributed by atoms with Crippen LogP contribution < -0.4 is 10.9 Å². The van der Waals surface area contributed by atoms with Crippen molar-refractivity contribution in [3.8, 4) is 0 Å². The molecule has 0 bridgehead atoms. The Morgan fingerprint density at radius 1 is 1.42 bits per heavy atom. The Morgan fingerprint density at radius 2 is 2.16 bits per heavy atom. The molecular formula is C12H19N5O2. The van der Waals surface area contributed by atoms with E-state index in [4.69, 9.17) is 4.74 Å². The van der Waals surface area contributed by atoms with Crippen LogP contribution in [0.1, 0.15) is 26.5 Å². The molecule has 0 saturated heterocycles. The summed E-state index contributed by atoms with van der Waals surface area (Å²) in [6.07, 6.45) is 0. The molecule has 0 aliphatic carbocycles. The molecule has 104 valence electrons. The number of rotatable bonds is 4. The van der Waals surface area contributed by atoms with Gasteiger partial charge in [-0.3, -0.25) is 9.89 Å². The number of methoxy groups -OCH3 is 1. The maximum atomic E-state index is 12.0. The summed E-state index contributed by atoms with van der Waals surface area (Å²) in [6.45, 7) is 7.20. The summed E-state index contributed by atoms with van der Waals surface area (Å²) >= 11 is 0. The summed E-state index contributed by atoms with van der Waals surface area (Å²) in [4.78, 5) is 20.6. The van der Waals surface area contributed by atoms with E-state index in [-0.39, 0.29) is 11.0 Å². The molecule has 2 aromatic heterocycles. The zero-order valence-corrected chi connectivity index (χ0v) is 11.6. The molecule has 0 fully saturated rings. The highest BCUT2D eigenvalue weighted by molar-refractivity contribution is 5.38. The van der Waals surface area contributed by atoms with Crippen LogP contribution in [-0.2, 0) is 10.2 Å². The second kappa shape index (κ2) is 5.00. The fraction of sp³-hybridized carbons (Fsp3) is 0.583. The number of anilines is 1. The lowest BCUT2D eigenvalue weighted by Crippen LogP contribution is -2.22. The molecule has 2 rings (SSSR count). The lowest BCUT2D eigenvalue weighted by Gasteiger charge is -2.16. The maximum absolute atomic E-state index is 12.0. The van der Waals surface area contributed by atoms with E-state index in [0.29, 0.717) is 24.9 Å². The van der Waals surface area contributed by atoms with Crippen molar-refractivity contribution in [1.29, 1.82) is 0 Å². The Balaban J connectivity index is 2.37. The van der Waals surface area contributed by atoms with Crippen LogP contribution in [0.5, 0.6) is 0 Å². The number of nitrogens with one attached hydrogen (secondary N) is 2. The van der Waals surface area contributed by atoms with Gasteiger partial charge < -0.3 is 10.1 Å². The van der Waals surface area contributed by atoms with Crippen molar-refractivity contribution in [3.05, 3.63) is 22.1 Å². The van der Waals surface area contributed by atoms with Crippen molar-refractivity contribution in [3.63, 3.8) is 0 Å². The molecule has 0 aromatic carbocycles. The third-order valence-corrected chi connectivity index (χ3v) is 2.70. The van der Waals surface area contributed by atoms with Gasteiger partial charge in [-0.2, -0.15) is 9.50 Å². The summed E-state index contributed by atoms with van der Waals surface area (Å²) < 4.78 is 6.26. The lowest BCUT2D eigenvalue weighted by molar-refractivity contribution is 0.210. The van der Waals surface area contributed by atoms with Crippen molar-refractivity contribution in [2.24, 2.45) is 0 Å². The molecule has 7 nitrogen and oxygen atoms in total. The monoisotopic (exact) mass is 265 g/mol. The van der Waals surface area contributed by atoms with Crippen molar-refractivity contribution >= 4 is 11.7 Å². The third-order valence-electron chi connectivity index (χ3n) is 2.70. The second-order valence-corrected chi connectivity index (χ2v) is 5.36. The van der Waals surface area contributed by atoms with E-state index in [1.54, 1.807) is 7.11 Å². The SMILES string of the molecule is COCCNc1nc2nc(C(C)(C)C)cc(=O)n2[nH]1. The first-order valence-corrected chi connectivity index (χ1v) is 6.15. The van der Waals surface area contributed by atoms with Gasteiger partial charge in [-0.25, -0.2) is 4.98 Å². The van der Waals surface area contributed by atoms with Gasteiger partial charge in [0.25, 0.3) is 11.3 Å². The van der Waals surface area contributed by atoms with E-state index in [9.17, 15) is 4.79 Å². The van der Waals surface area contributed by atoms with Crippen molar-refractivity contribution in [2.75, 3.05) is 25.6 Å². The van der Waals surface area contributed by atoms with Crippen LogP contribution in [0.25, 0.3) is 5.78 Å². The molecule has 7 heteroatoms. The van der Waals surface area contributed by atoms with Crippen molar-refractivity contribution in [2.45, 2.75) is 26.2 Å². The Bertz CT molecular complexity index is 623. The summed E-state index contributed by atoms with van der Waals surface area (Å²) in [6, 6.07) is 1.53. The van der Waals surface area contributed by atoms with E-state index in [0.717, 1.165) is 5.69 Å². The first-order chi connectivity index (χ1) is 8.91. The van der Waals surface area contributed by atoms with E-state index in [1.165, 1.54) is 10.6 Å². The summed E-state index contributed by atoms with van der Waals surface area (Å²) in [5, 5.41) is 5.89. The lowest BCUT2D eigenvalue weighted by atomic mass is 9.92. The summed E-state index contributed by atoms with van der Waals surface area (Å²) in [5.41, 5.74) is 0.380. The largest absolute Gasteiger partial charge is 0.383 e. The Kier molecular flexibility index (Phi) is 3.57. The molecule has 0 saturated carbocycles. The number of fused-ring (bicyclic) bond motifs is 1. The minimum Gasteiger partial charge on any atom is -0.383 e. The second-order valence-electron chi connectivity index (χ2n) is 5.36. The number of hydrogen-bond donors (Lipinski definition) is 2. The van der Waals surface area contributed by atoms with E-state index in [2.05, 4.69) is 20.4 Å². The number of H-pyrrole nitrogens is 1. The number of aromatic nitrogens is 4. The van der Waals surface area contributed by atoms with Gasteiger partial charge in [0.05, 0.1) is 12.3 Å². The van der Waals surface area contributed by atoms with Gasteiger partial charge in [0.1, 0.15) is 0 Å². The van der Waals surface area contributed by atoms with Crippen molar-refractivity contribution in [1.82, 2.24) is 19.6 Å². The zero-order chi connectivity index (χ0) is 14.0. The molecule has 2 aromatic rings. The third kappa shape index (κ3) is 2.93. The quantitative estimate of drug-likeness (QED) is 0.798. The number of ether oxygens (including phenoxy) is 1. The van der Waals surface area contributed by atoms with Gasteiger partial charge in [-0.1, -0.05) is 20.8 Å². The molecule has 0 unspecified atom stereocenters. The van der Waals surface area contributed by atoms with Gasteiger partial charge in [-0.15, -0.1) is 0 Å². The van der Waals surface area contributed by atoms with Crippen LogP contribution in [0.15, 0.2) is 10.9 Å². The van der Waals surface area contributed by atoms with Gasteiger partial charge in [0.15, 0.2) is 0 Å². The smallest absolute Gasteiger partial charge is 0.274 e. The Hall–Kier alpha value is -1.89. The highest BCUT2D eigenvalue weighted by atomic mass is 16.5. The van der Waals surface area contributed by atoms with Gasteiger partial charge >= 0.3 is 0 Å². The topological polar surface area (TPSA) is 84.3 Å². The van der Waals surface area contributed by atoms with Crippen molar-refractivity contribution < 1.29 is 4.74 Å². The van der Waals surface area contributed by atoms with Gasteiger partial charge in [-0.05, 0) is 0 Å². The highest BCUT2D eigenvalue weighted by Crippen LogP contribution is 2.18. The first-order valence-electron chi connectivity index (χ1n) is 6.15. The van der Waals surface area contributed by atoms with Crippen LogP contribution in [0.3, 0.4) is 0 Å². The predicted molar refractivity (Wildman–Crippen MR) is 72.7 cm³/mol. The van der Waals surface area contributed by atoms with Gasteiger partial charge in [0.2, 0.25) is 5.95 Å². The molecule has 0 aliphatic heterocycles. The molecule has 0 spiro atoms. The van der Waals surface area contributed by atoms with Crippen LogP contribution in [0.2, 0.25) is 0 Å². The molecule has 0 amide bonds. The summed E-state index contributed by atoms with van der Waals surface area (Å²) in [7, 11) is 1.63. The average Bonchev–Trinajstić information content (AvgIpc) is 2.71. The number of hydrogen-bond acceptors (Lipinski definition) is 5. The normalized spacial score (nSPS) is 12.0. The molecule has 19 heavy (non-hydrogen) atoms. The van der Waals surface area contributed by atoms with E-state index < -0.39 is 0 Å². The first kappa shape index (κ1) is 13.5. The molecule has 0 radical (unpaired) electrons. The van der Waals surface area contributed by atoms with Crippen LogP contribution in [-0.4, -0.2) is 39.8 Å². The maximum Gasteiger partial charge on any atom is 0.274 e. The van der Waals surface area contributed by atoms with Crippen LogP contribution >= 0.6 is 0 Å². The zero-order valence-electron chi connectivity index (χ0n) is 11.6. The molecular weight excluding hydrogens is 246 g/mol. The Morgan fingerprint density at radius 3 is 2.79 bits per heavy atom. The fourth-order valence-electron chi connectivity index (χ4n) is 1.62. The summed E-state index contributed by atoms with van der Waals surface area (Å²) in [5.74, 6) is 0.880. The number of aromatic amines is 1. The fourth-order valence-corrected chi connectivity index (χ4v) is 1.62. The van der Waals surface area contributed by atoms with Gasteiger partial charge in [0, 0.05) is 25.1 Å². The minimum atomic E-state index is -0.184. The molecule has 2 heterocycles. The highest BCUT2D eigenvalue weighted by Gasteiger charge is 2.18.